The highest BCUT2D eigenvalue weighted by atomic mass is 32.2. The third-order valence-corrected chi connectivity index (χ3v) is 5.76. The first kappa shape index (κ1) is 16.8. The fraction of sp³-hybridized carbons (Fsp3) is 0.933. The predicted molar refractivity (Wildman–Crippen MR) is 84.2 cm³/mol. The van der Waals surface area contributed by atoms with Crippen LogP contribution in [0, 0.1) is 17.3 Å². The second-order valence-electron chi connectivity index (χ2n) is 6.47. The maximum Gasteiger partial charge on any atom is 0.223 e. The van der Waals surface area contributed by atoms with Gasteiger partial charge in [0.1, 0.15) is 0 Å². The Bertz CT molecular complexity index is 307. The van der Waals surface area contributed by atoms with Gasteiger partial charge in [-0.05, 0) is 36.9 Å². The number of nitrogens with two attached hydrogens (primary N) is 1. The molecule has 1 saturated carbocycles. The maximum atomic E-state index is 12.5. The number of hydrogen-bond acceptors (Lipinski definition) is 3. The normalized spacial score (nSPS) is 31.8. The zero-order valence-corrected chi connectivity index (χ0v) is 13.8. The van der Waals surface area contributed by atoms with Gasteiger partial charge < -0.3 is 11.1 Å². The number of carbonyl (C=O) groups excluding carboxylic acids is 1. The van der Waals surface area contributed by atoms with Crippen molar-refractivity contribution in [2.24, 2.45) is 23.0 Å². The highest BCUT2D eigenvalue weighted by Gasteiger charge is 2.45. The van der Waals surface area contributed by atoms with E-state index in [2.05, 4.69) is 39.3 Å². The number of amides is 1. The van der Waals surface area contributed by atoms with Gasteiger partial charge in [0.15, 0.2) is 0 Å². The molecule has 0 saturated heterocycles. The second kappa shape index (κ2) is 6.98. The van der Waals surface area contributed by atoms with Crippen molar-refractivity contribution in [1.29, 1.82) is 0 Å². The topological polar surface area (TPSA) is 55.1 Å². The molecular weight excluding hydrogens is 256 g/mol. The van der Waals surface area contributed by atoms with E-state index in [1.165, 1.54) is 0 Å². The molecule has 0 spiro atoms. The van der Waals surface area contributed by atoms with Crippen molar-refractivity contribution in [1.82, 2.24) is 5.32 Å². The van der Waals surface area contributed by atoms with Crippen LogP contribution in [0.3, 0.4) is 0 Å². The molecule has 1 amide bonds. The largest absolute Gasteiger partial charge is 0.352 e. The lowest BCUT2D eigenvalue weighted by Gasteiger charge is -2.46. The summed E-state index contributed by atoms with van der Waals surface area (Å²) < 4.78 is 0. The van der Waals surface area contributed by atoms with E-state index >= 15 is 0 Å². The molecule has 0 aromatic heterocycles. The molecule has 0 heterocycles. The van der Waals surface area contributed by atoms with Gasteiger partial charge in [-0.2, -0.15) is 11.8 Å². The van der Waals surface area contributed by atoms with Gasteiger partial charge in [-0.3, -0.25) is 4.79 Å². The molecule has 4 heteroatoms. The Morgan fingerprint density at radius 2 is 2.11 bits per heavy atom. The lowest BCUT2D eigenvalue weighted by molar-refractivity contribution is -0.133. The summed E-state index contributed by atoms with van der Waals surface area (Å²) in [6, 6.07) is 0.524. The summed E-state index contributed by atoms with van der Waals surface area (Å²) >= 11 is 1.79. The molecule has 112 valence electrons. The molecule has 0 aromatic carbocycles. The summed E-state index contributed by atoms with van der Waals surface area (Å²) in [5, 5.41) is 3.23. The van der Waals surface area contributed by atoms with E-state index in [9.17, 15) is 4.79 Å². The van der Waals surface area contributed by atoms with Gasteiger partial charge in [0.25, 0.3) is 0 Å². The Kier molecular flexibility index (Phi) is 6.18. The van der Waals surface area contributed by atoms with Crippen molar-refractivity contribution in [3.8, 4) is 0 Å². The minimum absolute atomic E-state index is 0.0145. The quantitative estimate of drug-likeness (QED) is 0.817. The lowest BCUT2D eigenvalue weighted by Crippen LogP contribution is -2.53. The van der Waals surface area contributed by atoms with E-state index in [4.69, 9.17) is 5.73 Å². The molecule has 0 aromatic rings. The number of hydrogen-bond donors (Lipinski definition) is 2. The molecule has 3 nitrogen and oxygen atoms in total. The van der Waals surface area contributed by atoms with E-state index in [1.54, 1.807) is 11.8 Å². The van der Waals surface area contributed by atoms with Crippen LogP contribution in [0.25, 0.3) is 0 Å². The van der Waals surface area contributed by atoms with E-state index in [0.717, 1.165) is 25.0 Å². The van der Waals surface area contributed by atoms with Gasteiger partial charge in [0.05, 0.1) is 0 Å². The SMILES string of the molecule is CCC(CSC)NC(=O)C1CCC(N)C(C)C1(C)C. The monoisotopic (exact) mass is 286 g/mol. The first-order valence-electron chi connectivity index (χ1n) is 7.39. The van der Waals surface area contributed by atoms with E-state index in [0.29, 0.717) is 12.0 Å². The van der Waals surface area contributed by atoms with Crippen molar-refractivity contribution >= 4 is 17.7 Å². The molecule has 4 atom stereocenters. The highest BCUT2D eigenvalue weighted by Crippen LogP contribution is 2.44. The van der Waals surface area contributed by atoms with Crippen LogP contribution in [-0.2, 0) is 4.79 Å². The molecule has 19 heavy (non-hydrogen) atoms. The summed E-state index contributed by atoms with van der Waals surface area (Å²) in [4.78, 5) is 12.5. The average Bonchev–Trinajstić information content (AvgIpc) is 2.35. The summed E-state index contributed by atoms with van der Waals surface area (Å²) in [5.41, 5.74) is 6.14. The first-order valence-corrected chi connectivity index (χ1v) is 8.78. The average molecular weight is 286 g/mol. The zero-order valence-electron chi connectivity index (χ0n) is 13.0. The van der Waals surface area contributed by atoms with Crippen molar-refractivity contribution in [2.45, 2.75) is 59.0 Å². The summed E-state index contributed by atoms with van der Waals surface area (Å²) in [6.07, 6.45) is 4.96. The van der Waals surface area contributed by atoms with Crippen LogP contribution in [0.15, 0.2) is 0 Å². The van der Waals surface area contributed by atoms with Crippen LogP contribution in [0.2, 0.25) is 0 Å². The standard InChI is InChI=1S/C15H30N2OS/c1-6-11(9-19-5)17-14(18)12-7-8-13(16)10(2)15(12,3)4/h10-13H,6-9,16H2,1-5H3,(H,17,18). The Labute approximate surface area is 122 Å². The van der Waals surface area contributed by atoms with Crippen LogP contribution in [-0.4, -0.2) is 30.0 Å². The van der Waals surface area contributed by atoms with Crippen LogP contribution < -0.4 is 11.1 Å². The van der Waals surface area contributed by atoms with Gasteiger partial charge in [-0.1, -0.05) is 27.7 Å². The first-order chi connectivity index (χ1) is 8.84. The lowest BCUT2D eigenvalue weighted by atomic mass is 9.61. The maximum absolute atomic E-state index is 12.5. The van der Waals surface area contributed by atoms with Crippen molar-refractivity contribution < 1.29 is 4.79 Å². The van der Waals surface area contributed by atoms with Crippen LogP contribution in [0.4, 0.5) is 0 Å². The van der Waals surface area contributed by atoms with Gasteiger partial charge >= 0.3 is 0 Å². The molecular formula is C15H30N2OS. The fourth-order valence-corrected chi connectivity index (χ4v) is 3.81. The van der Waals surface area contributed by atoms with Gasteiger partial charge in [0.2, 0.25) is 5.91 Å². The van der Waals surface area contributed by atoms with Gasteiger partial charge in [-0.15, -0.1) is 0 Å². The molecule has 3 N–H and O–H groups in total. The molecule has 0 bridgehead atoms. The summed E-state index contributed by atoms with van der Waals surface area (Å²) in [5.74, 6) is 1.70. The van der Waals surface area contributed by atoms with E-state index in [1.807, 2.05) is 0 Å². The smallest absolute Gasteiger partial charge is 0.223 e. The Balaban J connectivity index is 2.70. The summed E-state index contributed by atoms with van der Waals surface area (Å²) in [6.45, 7) is 8.70. The molecule has 0 radical (unpaired) electrons. The number of rotatable bonds is 5. The van der Waals surface area contributed by atoms with Crippen molar-refractivity contribution in [3.05, 3.63) is 0 Å². The third kappa shape index (κ3) is 3.88. The second-order valence-corrected chi connectivity index (χ2v) is 7.38. The van der Waals surface area contributed by atoms with Crippen LogP contribution in [0.1, 0.15) is 47.0 Å². The minimum atomic E-state index is -0.0145. The molecule has 0 aliphatic heterocycles. The Hall–Kier alpha value is -0.220. The third-order valence-electron chi connectivity index (χ3n) is 5.03. The number of thioether (sulfide) groups is 1. The minimum Gasteiger partial charge on any atom is -0.352 e. The highest BCUT2D eigenvalue weighted by molar-refractivity contribution is 7.98. The van der Waals surface area contributed by atoms with Crippen molar-refractivity contribution in [2.75, 3.05) is 12.0 Å². The van der Waals surface area contributed by atoms with E-state index < -0.39 is 0 Å². The van der Waals surface area contributed by atoms with Crippen molar-refractivity contribution in [3.63, 3.8) is 0 Å². The van der Waals surface area contributed by atoms with Gasteiger partial charge in [0, 0.05) is 23.8 Å². The zero-order chi connectivity index (χ0) is 14.6. The molecule has 4 unspecified atom stereocenters. The van der Waals surface area contributed by atoms with Crippen LogP contribution >= 0.6 is 11.8 Å². The predicted octanol–water partition coefficient (Wildman–Crippen LogP) is 2.64. The van der Waals surface area contributed by atoms with Crippen LogP contribution in [0.5, 0.6) is 0 Å². The van der Waals surface area contributed by atoms with E-state index in [-0.39, 0.29) is 23.3 Å². The fourth-order valence-electron chi connectivity index (χ4n) is 3.08. The Morgan fingerprint density at radius 3 is 2.63 bits per heavy atom. The Morgan fingerprint density at radius 1 is 1.47 bits per heavy atom. The number of nitrogens with one attached hydrogen (secondary N) is 1. The van der Waals surface area contributed by atoms with Gasteiger partial charge in [-0.25, -0.2) is 0 Å². The summed E-state index contributed by atoms with van der Waals surface area (Å²) in [7, 11) is 0. The molecule has 1 aliphatic carbocycles. The molecule has 1 aliphatic rings. The molecule has 1 rings (SSSR count). The number of carbonyl (C=O) groups is 1. The molecule has 1 fully saturated rings.